The van der Waals surface area contributed by atoms with Crippen LogP contribution in [-0.4, -0.2) is 6.79 Å². The third-order valence-electron chi connectivity index (χ3n) is 3.15. The van der Waals surface area contributed by atoms with Crippen LogP contribution in [0.25, 0.3) is 0 Å². The summed E-state index contributed by atoms with van der Waals surface area (Å²) in [4.78, 5) is 0. The maximum atomic E-state index is 13.1. The van der Waals surface area contributed by atoms with Gasteiger partial charge in [0, 0.05) is 18.2 Å². The highest BCUT2D eigenvalue weighted by molar-refractivity contribution is 5.51. The second-order valence-electron chi connectivity index (χ2n) is 4.55. The van der Waals surface area contributed by atoms with Crippen molar-refractivity contribution >= 4 is 0 Å². The molecule has 0 saturated heterocycles. The van der Waals surface area contributed by atoms with E-state index in [-0.39, 0.29) is 19.9 Å². The first kappa shape index (κ1) is 13.6. The standard InChI is InChI=1S/C15H13F2NO3/c16-11-2-1-9(3-12(11)17)7-19-13-5-15-14(20-8-21-15)4-10(13)6-18/h1-5H,6-8,18H2. The summed E-state index contributed by atoms with van der Waals surface area (Å²) in [7, 11) is 0. The number of hydrogen-bond donors (Lipinski definition) is 1. The number of fused-ring (bicyclic) bond motifs is 1. The lowest BCUT2D eigenvalue weighted by Gasteiger charge is -2.11. The van der Waals surface area contributed by atoms with Crippen LogP contribution in [-0.2, 0) is 13.2 Å². The van der Waals surface area contributed by atoms with Gasteiger partial charge in [0.2, 0.25) is 6.79 Å². The Hall–Kier alpha value is -2.34. The lowest BCUT2D eigenvalue weighted by Crippen LogP contribution is -2.03. The van der Waals surface area contributed by atoms with Gasteiger partial charge in [0.05, 0.1) is 0 Å². The SMILES string of the molecule is NCc1cc2c(cc1OCc1ccc(F)c(F)c1)OCO2. The topological polar surface area (TPSA) is 53.7 Å². The average Bonchev–Trinajstić information content (AvgIpc) is 2.94. The molecule has 0 aliphatic carbocycles. The van der Waals surface area contributed by atoms with Crippen molar-refractivity contribution in [3.63, 3.8) is 0 Å². The van der Waals surface area contributed by atoms with E-state index in [1.165, 1.54) is 6.07 Å². The molecule has 21 heavy (non-hydrogen) atoms. The Bertz CT molecular complexity index is 676. The van der Waals surface area contributed by atoms with Crippen LogP contribution in [0.4, 0.5) is 8.78 Å². The molecule has 2 aromatic carbocycles. The molecule has 0 aromatic heterocycles. The minimum atomic E-state index is -0.902. The van der Waals surface area contributed by atoms with Gasteiger partial charge in [-0.05, 0) is 23.8 Å². The van der Waals surface area contributed by atoms with Crippen molar-refractivity contribution in [1.82, 2.24) is 0 Å². The Balaban J connectivity index is 1.79. The smallest absolute Gasteiger partial charge is 0.231 e. The number of halogens is 2. The molecule has 1 aliphatic rings. The molecule has 110 valence electrons. The predicted molar refractivity (Wildman–Crippen MR) is 71.1 cm³/mol. The Labute approximate surface area is 120 Å². The molecule has 0 amide bonds. The van der Waals surface area contributed by atoms with Gasteiger partial charge < -0.3 is 19.9 Å². The lowest BCUT2D eigenvalue weighted by molar-refractivity contribution is 0.173. The lowest BCUT2D eigenvalue weighted by atomic mass is 10.1. The maximum absolute atomic E-state index is 13.1. The van der Waals surface area contributed by atoms with Gasteiger partial charge in [-0.1, -0.05) is 6.07 Å². The van der Waals surface area contributed by atoms with E-state index < -0.39 is 11.6 Å². The molecule has 1 aliphatic heterocycles. The fraction of sp³-hybridized carbons (Fsp3) is 0.200. The van der Waals surface area contributed by atoms with E-state index in [2.05, 4.69) is 0 Å². The van der Waals surface area contributed by atoms with Gasteiger partial charge in [-0.15, -0.1) is 0 Å². The fourth-order valence-electron chi connectivity index (χ4n) is 2.05. The van der Waals surface area contributed by atoms with Crippen molar-refractivity contribution in [1.29, 1.82) is 0 Å². The van der Waals surface area contributed by atoms with Crippen LogP contribution in [0.2, 0.25) is 0 Å². The molecule has 0 bridgehead atoms. The molecule has 0 saturated carbocycles. The molecular weight excluding hydrogens is 280 g/mol. The molecule has 0 spiro atoms. The van der Waals surface area contributed by atoms with Gasteiger partial charge >= 0.3 is 0 Å². The normalized spacial score (nSPS) is 12.5. The maximum Gasteiger partial charge on any atom is 0.231 e. The van der Waals surface area contributed by atoms with Crippen LogP contribution >= 0.6 is 0 Å². The Morgan fingerprint density at radius 3 is 2.52 bits per heavy atom. The first-order valence-electron chi connectivity index (χ1n) is 6.36. The third kappa shape index (κ3) is 2.75. The minimum Gasteiger partial charge on any atom is -0.488 e. The number of hydrogen-bond acceptors (Lipinski definition) is 4. The van der Waals surface area contributed by atoms with E-state index >= 15 is 0 Å². The fourth-order valence-corrected chi connectivity index (χ4v) is 2.05. The van der Waals surface area contributed by atoms with Crippen LogP contribution in [0.1, 0.15) is 11.1 Å². The quantitative estimate of drug-likeness (QED) is 0.941. The van der Waals surface area contributed by atoms with Crippen LogP contribution in [0.15, 0.2) is 30.3 Å². The predicted octanol–water partition coefficient (Wildman–Crippen LogP) is 2.73. The van der Waals surface area contributed by atoms with Crippen molar-refractivity contribution < 1.29 is 23.0 Å². The molecule has 2 aromatic rings. The van der Waals surface area contributed by atoms with Gasteiger partial charge in [0.1, 0.15) is 12.4 Å². The molecule has 4 nitrogen and oxygen atoms in total. The summed E-state index contributed by atoms with van der Waals surface area (Å²) in [5.41, 5.74) is 6.95. The van der Waals surface area contributed by atoms with E-state index in [0.29, 0.717) is 22.8 Å². The average molecular weight is 293 g/mol. The monoisotopic (exact) mass is 293 g/mol. The summed E-state index contributed by atoms with van der Waals surface area (Å²) >= 11 is 0. The van der Waals surface area contributed by atoms with Crippen LogP contribution in [0.3, 0.4) is 0 Å². The number of benzene rings is 2. The minimum absolute atomic E-state index is 0.101. The summed E-state index contributed by atoms with van der Waals surface area (Å²) < 4.78 is 42.2. The van der Waals surface area contributed by atoms with Crippen LogP contribution in [0, 0.1) is 11.6 Å². The summed E-state index contributed by atoms with van der Waals surface area (Å²) in [6, 6.07) is 7.07. The molecule has 1 heterocycles. The van der Waals surface area contributed by atoms with Gasteiger partial charge in [-0.2, -0.15) is 0 Å². The van der Waals surface area contributed by atoms with Crippen molar-refractivity contribution in [3.8, 4) is 17.2 Å². The Morgan fingerprint density at radius 2 is 1.81 bits per heavy atom. The van der Waals surface area contributed by atoms with Crippen molar-refractivity contribution in [2.45, 2.75) is 13.2 Å². The zero-order valence-electron chi connectivity index (χ0n) is 11.1. The molecule has 0 unspecified atom stereocenters. The van der Waals surface area contributed by atoms with Crippen molar-refractivity contribution in [3.05, 3.63) is 53.1 Å². The molecule has 6 heteroatoms. The first-order valence-corrected chi connectivity index (χ1v) is 6.36. The van der Waals surface area contributed by atoms with E-state index in [1.807, 2.05) is 0 Å². The molecule has 0 radical (unpaired) electrons. The second-order valence-corrected chi connectivity index (χ2v) is 4.55. The number of rotatable bonds is 4. The highest BCUT2D eigenvalue weighted by Gasteiger charge is 2.17. The zero-order chi connectivity index (χ0) is 14.8. The van der Waals surface area contributed by atoms with E-state index in [1.54, 1.807) is 12.1 Å². The zero-order valence-corrected chi connectivity index (χ0v) is 11.1. The summed E-state index contributed by atoms with van der Waals surface area (Å²) in [6.07, 6.45) is 0. The third-order valence-corrected chi connectivity index (χ3v) is 3.15. The molecule has 0 fully saturated rings. The van der Waals surface area contributed by atoms with E-state index in [9.17, 15) is 8.78 Å². The van der Waals surface area contributed by atoms with Crippen molar-refractivity contribution in [2.24, 2.45) is 5.73 Å². The van der Waals surface area contributed by atoms with Crippen LogP contribution in [0.5, 0.6) is 17.2 Å². The summed E-state index contributed by atoms with van der Waals surface area (Å²) in [5.74, 6) is -0.0556. The van der Waals surface area contributed by atoms with E-state index in [0.717, 1.165) is 17.7 Å². The van der Waals surface area contributed by atoms with Gasteiger partial charge in [-0.3, -0.25) is 0 Å². The first-order chi connectivity index (χ1) is 10.2. The molecule has 3 rings (SSSR count). The molecule has 2 N–H and O–H groups in total. The van der Waals surface area contributed by atoms with E-state index in [4.69, 9.17) is 19.9 Å². The van der Waals surface area contributed by atoms with Gasteiger partial charge in [0.25, 0.3) is 0 Å². The summed E-state index contributed by atoms with van der Waals surface area (Å²) in [5, 5.41) is 0. The molecule has 0 atom stereocenters. The van der Waals surface area contributed by atoms with Gasteiger partial charge in [0.15, 0.2) is 23.1 Å². The van der Waals surface area contributed by atoms with Gasteiger partial charge in [-0.25, -0.2) is 8.78 Å². The number of ether oxygens (including phenoxy) is 3. The Kier molecular flexibility index (Phi) is 3.62. The number of nitrogens with two attached hydrogens (primary N) is 1. The van der Waals surface area contributed by atoms with Crippen LogP contribution < -0.4 is 19.9 Å². The second kappa shape index (κ2) is 5.57. The highest BCUT2D eigenvalue weighted by Crippen LogP contribution is 2.38. The highest BCUT2D eigenvalue weighted by atomic mass is 19.2. The Morgan fingerprint density at radius 1 is 1.05 bits per heavy atom. The molecular formula is C15H13F2NO3. The summed E-state index contributed by atoms with van der Waals surface area (Å²) in [6.45, 7) is 0.527. The van der Waals surface area contributed by atoms with Crippen molar-refractivity contribution in [2.75, 3.05) is 6.79 Å². The largest absolute Gasteiger partial charge is 0.488 e.